The smallest absolute Gasteiger partial charge is 0.420 e. The Hall–Kier alpha value is -1.04. The van der Waals surface area contributed by atoms with Crippen molar-refractivity contribution in [2.45, 2.75) is 11.1 Å². The summed E-state index contributed by atoms with van der Waals surface area (Å²) < 4.78 is 47.6. The van der Waals surface area contributed by atoms with Gasteiger partial charge >= 0.3 is 6.18 Å². The maximum absolute atomic E-state index is 12.6. The third-order valence-corrected chi connectivity index (χ3v) is 2.77. The number of methoxy groups -OCH3 is 2. The van der Waals surface area contributed by atoms with Crippen molar-refractivity contribution >= 4 is 11.8 Å². The molecule has 0 saturated heterocycles. The largest absolute Gasteiger partial charge is 0.496 e. The molecule has 0 aliphatic rings. The molecule has 0 atom stereocenters. The number of ether oxygens (including phenoxy) is 2. The van der Waals surface area contributed by atoms with Crippen molar-refractivity contribution in [3.63, 3.8) is 0 Å². The Morgan fingerprint density at radius 2 is 1.62 bits per heavy atom. The Morgan fingerprint density at radius 1 is 1.06 bits per heavy atom. The second-order valence-corrected chi connectivity index (χ2v) is 3.75. The van der Waals surface area contributed by atoms with Crippen molar-refractivity contribution in [1.82, 2.24) is 0 Å². The average Bonchev–Trinajstić information content (AvgIpc) is 2.25. The predicted molar refractivity (Wildman–Crippen MR) is 56.3 cm³/mol. The van der Waals surface area contributed by atoms with Gasteiger partial charge in [-0.1, -0.05) is 0 Å². The number of halogens is 3. The van der Waals surface area contributed by atoms with Crippen LogP contribution in [0.4, 0.5) is 13.2 Å². The van der Waals surface area contributed by atoms with Crippen LogP contribution in [0.25, 0.3) is 0 Å². The predicted octanol–water partition coefficient (Wildman–Crippen LogP) is 3.44. The number of hydrogen-bond donors (Lipinski definition) is 0. The van der Waals surface area contributed by atoms with Gasteiger partial charge < -0.3 is 9.47 Å². The van der Waals surface area contributed by atoms with Crippen molar-refractivity contribution < 1.29 is 22.6 Å². The van der Waals surface area contributed by atoms with Crippen molar-refractivity contribution in [1.29, 1.82) is 0 Å². The van der Waals surface area contributed by atoms with Crippen LogP contribution >= 0.6 is 11.8 Å². The lowest BCUT2D eigenvalue weighted by Gasteiger charge is -2.15. The molecule has 0 aliphatic heterocycles. The standard InChI is InChI=1S/C10H11F3O2S/c1-14-7-5-9(16-3)8(15-2)4-6(7)10(11,12)13/h4-5H,1-3H3. The summed E-state index contributed by atoms with van der Waals surface area (Å²) in [5.41, 5.74) is -0.829. The summed E-state index contributed by atoms with van der Waals surface area (Å²) in [6.07, 6.45) is -2.69. The summed E-state index contributed by atoms with van der Waals surface area (Å²) in [7, 11) is 2.54. The fourth-order valence-corrected chi connectivity index (χ4v) is 1.82. The Morgan fingerprint density at radius 3 is 2.00 bits per heavy atom. The molecular formula is C10H11F3O2S. The molecule has 0 fully saturated rings. The van der Waals surface area contributed by atoms with Gasteiger partial charge in [0.2, 0.25) is 0 Å². The van der Waals surface area contributed by atoms with Crippen molar-refractivity contribution in [3.05, 3.63) is 17.7 Å². The van der Waals surface area contributed by atoms with Gasteiger partial charge in [0.25, 0.3) is 0 Å². The summed E-state index contributed by atoms with van der Waals surface area (Å²) in [6, 6.07) is 2.27. The maximum Gasteiger partial charge on any atom is 0.420 e. The van der Waals surface area contributed by atoms with E-state index < -0.39 is 11.7 Å². The van der Waals surface area contributed by atoms with Crippen molar-refractivity contribution in [2.75, 3.05) is 20.5 Å². The molecule has 0 aliphatic carbocycles. The molecule has 0 heterocycles. The first-order chi connectivity index (χ1) is 7.43. The minimum atomic E-state index is -4.45. The third kappa shape index (κ3) is 2.55. The van der Waals surface area contributed by atoms with E-state index in [1.807, 2.05) is 0 Å². The van der Waals surface area contributed by atoms with E-state index in [4.69, 9.17) is 9.47 Å². The van der Waals surface area contributed by atoms with E-state index >= 15 is 0 Å². The van der Waals surface area contributed by atoms with E-state index in [2.05, 4.69) is 0 Å². The summed E-state index contributed by atoms with van der Waals surface area (Å²) >= 11 is 1.30. The quantitative estimate of drug-likeness (QED) is 0.768. The van der Waals surface area contributed by atoms with E-state index in [0.29, 0.717) is 4.90 Å². The van der Waals surface area contributed by atoms with Crippen LogP contribution in [0.15, 0.2) is 17.0 Å². The first-order valence-electron chi connectivity index (χ1n) is 4.31. The highest BCUT2D eigenvalue weighted by molar-refractivity contribution is 7.98. The molecule has 0 radical (unpaired) electrons. The van der Waals surface area contributed by atoms with Gasteiger partial charge in [0.1, 0.15) is 17.1 Å². The van der Waals surface area contributed by atoms with Gasteiger partial charge in [0.05, 0.1) is 19.1 Å². The van der Waals surface area contributed by atoms with Gasteiger partial charge in [0.15, 0.2) is 0 Å². The number of thioether (sulfide) groups is 1. The fraction of sp³-hybridized carbons (Fsp3) is 0.400. The SMILES string of the molecule is COc1cc(C(F)(F)F)c(OC)cc1SC. The maximum atomic E-state index is 12.6. The first-order valence-corrected chi connectivity index (χ1v) is 5.53. The summed E-state index contributed by atoms with van der Waals surface area (Å²) in [6.45, 7) is 0. The first kappa shape index (κ1) is 13.0. The van der Waals surface area contributed by atoms with Gasteiger partial charge in [-0.2, -0.15) is 13.2 Å². The number of hydrogen-bond acceptors (Lipinski definition) is 3. The highest BCUT2D eigenvalue weighted by Gasteiger charge is 2.35. The van der Waals surface area contributed by atoms with Gasteiger partial charge in [-0.05, 0) is 18.4 Å². The van der Waals surface area contributed by atoms with Gasteiger partial charge in [-0.25, -0.2) is 0 Å². The monoisotopic (exact) mass is 252 g/mol. The zero-order valence-electron chi connectivity index (χ0n) is 9.01. The molecule has 16 heavy (non-hydrogen) atoms. The molecule has 6 heteroatoms. The molecule has 1 rings (SSSR count). The molecular weight excluding hydrogens is 241 g/mol. The third-order valence-electron chi connectivity index (χ3n) is 2.01. The second-order valence-electron chi connectivity index (χ2n) is 2.91. The van der Waals surface area contributed by atoms with Crippen LogP contribution in [0.5, 0.6) is 11.5 Å². The van der Waals surface area contributed by atoms with Gasteiger partial charge in [0, 0.05) is 0 Å². The highest BCUT2D eigenvalue weighted by atomic mass is 32.2. The molecule has 2 nitrogen and oxygen atoms in total. The van der Waals surface area contributed by atoms with Gasteiger partial charge in [-0.15, -0.1) is 11.8 Å². The molecule has 0 unspecified atom stereocenters. The van der Waals surface area contributed by atoms with Crippen LogP contribution in [0.1, 0.15) is 5.56 Å². The van der Waals surface area contributed by atoms with Crippen LogP contribution in [0, 0.1) is 0 Å². The summed E-state index contributed by atoms with van der Waals surface area (Å²) in [5, 5.41) is 0. The van der Waals surface area contributed by atoms with Crippen LogP contribution in [-0.4, -0.2) is 20.5 Å². The number of rotatable bonds is 3. The van der Waals surface area contributed by atoms with Crippen LogP contribution in [0.2, 0.25) is 0 Å². The minimum Gasteiger partial charge on any atom is -0.496 e. The van der Waals surface area contributed by atoms with E-state index in [-0.39, 0.29) is 11.5 Å². The van der Waals surface area contributed by atoms with E-state index in [9.17, 15) is 13.2 Å². The lowest BCUT2D eigenvalue weighted by atomic mass is 10.2. The molecule has 0 N–H and O–H groups in total. The summed E-state index contributed by atoms with van der Waals surface area (Å²) in [4.78, 5) is 0.604. The van der Waals surface area contributed by atoms with Crippen LogP contribution < -0.4 is 9.47 Å². The molecule has 0 spiro atoms. The lowest BCUT2D eigenvalue weighted by molar-refractivity contribution is -0.138. The minimum absolute atomic E-state index is 0.195. The topological polar surface area (TPSA) is 18.5 Å². The second kappa shape index (κ2) is 4.86. The lowest BCUT2D eigenvalue weighted by Crippen LogP contribution is -2.08. The van der Waals surface area contributed by atoms with E-state index in [0.717, 1.165) is 6.07 Å². The highest BCUT2D eigenvalue weighted by Crippen LogP contribution is 2.42. The molecule has 0 saturated carbocycles. The normalized spacial score (nSPS) is 11.4. The molecule has 1 aromatic rings. The van der Waals surface area contributed by atoms with Crippen LogP contribution in [0.3, 0.4) is 0 Å². The number of benzene rings is 1. The Balaban J connectivity index is 3.38. The fourth-order valence-electron chi connectivity index (χ4n) is 1.25. The molecule has 0 aromatic heterocycles. The average molecular weight is 252 g/mol. The van der Waals surface area contributed by atoms with E-state index in [1.165, 1.54) is 32.0 Å². The van der Waals surface area contributed by atoms with Crippen molar-refractivity contribution in [3.8, 4) is 11.5 Å². The summed E-state index contributed by atoms with van der Waals surface area (Å²) in [5.74, 6) is -0.00160. The Bertz CT molecular complexity index is 377. The molecule has 90 valence electrons. The Kier molecular flexibility index (Phi) is 3.96. The zero-order chi connectivity index (χ0) is 12.3. The van der Waals surface area contributed by atoms with Crippen LogP contribution in [-0.2, 0) is 6.18 Å². The van der Waals surface area contributed by atoms with Crippen molar-refractivity contribution in [2.24, 2.45) is 0 Å². The molecule has 0 bridgehead atoms. The molecule has 0 amide bonds. The Labute approximate surface area is 95.7 Å². The number of alkyl halides is 3. The zero-order valence-corrected chi connectivity index (χ0v) is 9.83. The van der Waals surface area contributed by atoms with E-state index in [1.54, 1.807) is 6.26 Å². The molecule has 1 aromatic carbocycles. The van der Waals surface area contributed by atoms with Gasteiger partial charge in [-0.3, -0.25) is 0 Å².